The second-order valence-corrected chi connectivity index (χ2v) is 7.04. The van der Waals surface area contributed by atoms with E-state index in [4.69, 9.17) is 14.2 Å². The molecule has 0 aliphatic heterocycles. The van der Waals surface area contributed by atoms with Crippen LogP contribution in [0.25, 0.3) is 11.4 Å². The van der Waals surface area contributed by atoms with Crippen molar-refractivity contribution < 1.29 is 19.0 Å². The van der Waals surface area contributed by atoms with Crippen molar-refractivity contribution in [1.82, 2.24) is 14.9 Å². The molecule has 0 spiro atoms. The van der Waals surface area contributed by atoms with Gasteiger partial charge >= 0.3 is 0 Å². The Morgan fingerprint density at radius 3 is 2.45 bits per heavy atom. The molecule has 1 amide bonds. The van der Waals surface area contributed by atoms with Gasteiger partial charge in [-0.1, -0.05) is 0 Å². The molecular formula is C23H26N4O4. The Balaban J connectivity index is 1.72. The number of hydrogen-bond donors (Lipinski definition) is 1. The van der Waals surface area contributed by atoms with Crippen LogP contribution in [0.3, 0.4) is 0 Å². The van der Waals surface area contributed by atoms with Crippen molar-refractivity contribution in [2.75, 3.05) is 40.2 Å². The third-order valence-corrected chi connectivity index (χ3v) is 4.41. The van der Waals surface area contributed by atoms with Gasteiger partial charge in [-0.25, -0.2) is 9.97 Å². The second-order valence-electron chi connectivity index (χ2n) is 7.04. The van der Waals surface area contributed by atoms with Crippen LogP contribution in [-0.4, -0.2) is 55.7 Å². The molecule has 1 aromatic heterocycles. The maximum Gasteiger partial charge on any atom is 0.262 e. The number of benzene rings is 2. The van der Waals surface area contributed by atoms with E-state index in [-0.39, 0.29) is 12.5 Å². The molecule has 3 aromatic rings. The molecule has 0 unspecified atom stereocenters. The summed E-state index contributed by atoms with van der Waals surface area (Å²) in [4.78, 5) is 23.1. The molecular weight excluding hydrogens is 396 g/mol. The molecule has 2 aromatic carbocycles. The van der Waals surface area contributed by atoms with Gasteiger partial charge in [0.15, 0.2) is 12.4 Å². The summed E-state index contributed by atoms with van der Waals surface area (Å²) < 4.78 is 16.3. The molecule has 0 fully saturated rings. The zero-order valence-electron chi connectivity index (χ0n) is 18.1. The van der Waals surface area contributed by atoms with Gasteiger partial charge in [0.2, 0.25) is 0 Å². The molecule has 0 aliphatic carbocycles. The van der Waals surface area contributed by atoms with Crippen molar-refractivity contribution in [3.63, 3.8) is 0 Å². The number of aromatic nitrogens is 2. The monoisotopic (exact) mass is 422 g/mol. The molecule has 0 saturated carbocycles. The first kappa shape index (κ1) is 22.0. The van der Waals surface area contributed by atoms with Crippen molar-refractivity contribution in [3.05, 3.63) is 60.4 Å². The van der Waals surface area contributed by atoms with Crippen molar-refractivity contribution in [2.24, 2.45) is 0 Å². The lowest BCUT2D eigenvalue weighted by atomic mass is 10.1. The van der Waals surface area contributed by atoms with E-state index in [1.54, 1.807) is 43.8 Å². The van der Waals surface area contributed by atoms with Gasteiger partial charge in [-0.15, -0.1) is 0 Å². The number of carbonyl (C=O) groups is 1. The van der Waals surface area contributed by atoms with E-state index in [1.165, 1.54) is 7.11 Å². The molecule has 1 N–H and O–H groups in total. The van der Waals surface area contributed by atoms with Crippen molar-refractivity contribution in [3.8, 4) is 28.6 Å². The number of amides is 1. The molecule has 3 rings (SSSR count). The summed E-state index contributed by atoms with van der Waals surface area (Å²) in [5.41, 5.74) is 2.36. The lowest BCUT2D eigenvalue weighted by molar-refractivity contribution is -0.118. The molecule has 31 heavy (non-hydrogen) atoms. The van der Waals surface area contributed by atoms with Crippen LogP contribution >= 0.6 is 0 Å². The summed E-state index contributed by atoms with van der Waals surface area (Å²) in [6.07, 6.45) is 3.41. The fourth-order valence-corrected chi connectivity index (χ4v) is 3.00. The van der Waals surface area contributed by atoms with Gasteiger partial charge in [-0.05, 0) is 50.5 Å². The summed E-state index contributed by atoms with van der Waals surface area (Å²) in [7, 11) is 7.05. The first-order chi connectivity index (χ1) is 15.0. The first-order valence-corrected chi connectivity index (χ1v) is 9.70. The van der Waals surface area contributed by atoms with Crippen LogP contribution in [0.1, 0.15) is 5.56 Å². The Bertz CT molecular complexity index is 1030. The molecule has 0 atom stereocenters. The highest BCUT2D eigenvalue weighted by Crippen LogP contribution is 2.29. The first-order valence-electron chi connectivity index (χ1n) is 9.70. The smallest absolute Gasteiger partial charge is 0.262 e. The topological polar surface area (TPSA) is 85.8 Å². The number of hydrogen-bond acceptors (Lipinski definition) is 7. The van der Waals surface area contributed by atoms with Gasteiger partial charge in [-0.2, -0.15) is 0 Å². The third kappa shape index (κ3) is 5.93. The largest absolute Gasteiger partial charge is 0.497 e. The van der Waals surface area contributed by atoms with Crippen molar-refractivity contribution in [1.29, 1.82) is 0 Å². The Kier molecular flexibility index (Phi) is 7.40. The summed E-state index contributed by atoms with van der Waals surface area (Å²) >= 11 is 0. The molecule has 1 heterocycles. The SMILES string of the molecule is COc1ccc(NC(=O)COc2ccc(-c3ncccn3)cc2CN(C)C)c(OC)c1. The molecule has 162 valence electrons. The zero-order chi connectivity index (χ0) is 22.2. The number of ether oxygens (including phenoxy) is 3. The van der Waals surface area contributed by atoms with Crippen LogP contribution in [-0.2, 0) is 11.3 Å². The summed E-state index contributed by atoms with van der Waals surface area (Å²) in [6, 6.07) is 12.7. The molecule has 0 saturated heterocycles. The fourth-order valence-electron chi connectivity index (χ4n) is 3.00. The Morgan fingerprint density at radius 2 is 1.77 bits per heavy atom. The van der Waals surface area contributed by atoms with Crippen LogP contribution < -0.4 is 19.5 Å². The number of carbonyl (C=O) groups excluding carboxylic acids is 1. The minimum atomic E-state index is -0.297. The van der Waals surface area contributed by atoms with E-state index in [2.05, 4.69) is 15.3 Å². The lowest BCUT2D eigenvalue weighted by Crippen LogP contribution is -2.21. The van der Waals surface area contributed by atoms with Crippen LogP contribution in [0.5, 0.6) is 17.2 Å². The average molecular weight is 422 g/mol. The van der Waals surface area contributed by atoms with Gasteiger partial charge in [0, 0.05) is 36.1 Å². The Morgan fingerprint density at radius 1 is 1.00 bits per heavy atom. The van der Waals surface area contributed by atoms with Gasteiger partial charge in [0.05, 0.1) is 19.9 Å². The van der Waals surface area contributed by atoms with Gasteiger partial charge in [-0.3, -0.25) is 4.79 Å². The van der Waals surface area contributed by atoms with Crippen LogP contribution in [0.2, 0.25) is 0 Å². The summed E-state index contributed by atoms with van der Waals surface area (Å²) in [5.74, 6) is 2.12. The molecule has 8 nitrogen and oxygen atoms in total. The van der Waals surface area contributed by atoms with Gasteiger partial charge in [0.25, 0.3) is 5.91 Å². The van der Waals surface area contributed by atoms with Gasteiger partial charge < -0.3 is 24.4 Å². The highest BCUT2D eigenvalue weighted by atomic mass is 16.5. The molecule has 0 radical (unpaired) electrons. The van der Waals surface area contributed by atoms with Gasteiger partial charge in [0.1, 0.15) is 17.2 Å². The fraction of sp³-hybridized carbons (Fsp3) is 0.261. The van der Waals surface area contributed by atoms with E-state index in [9.17, 15) is 4.79 Å². The molecule has 8 heteroatoms. The second kappa shape index (κ2) is 10.4. The Labute approximate surface area is 181 Å². The highest BCUT2D eigenvalue weighted by Gasteiger charge is 2.13. The zero-order valence-corrected chi connectivity index (χ0v) is 18.1. The van der Waals surface area contributed by atoms with Crippen LogP contribution in [0, 0.1) is 0 Å². The standard InChI is InChI=1S/C23H26N4O4/c1-27(2)14-17-12-16(23-24-10-5-11-25-23)6-9-20(17)31-15-22(28)26-19-8-7-18(29-3)13-21(19)30-4/h5-13H,14-15H2,1-4H3,(H,26,28). The maximum atomic E-state index is 12.5. The predicted octanol–water partition coefficient (Wildman–Crippen LogP) is 3.24. The predicted molar refractivity (Wildman–Crippen MR) is 119 cm³/mol. The van der Waals surface area contributed by atoms with Crippen molar-refractivity contribution >= 4 is 11.6 Å². The average Bonchev–Trinajstić information content (AvgIpc) is 2.78. The normalized spacial score (nSPS) is 10.6. The highest BCUT2D eigenvalue weighted by molar-refractivity contribution is 5.93. The summed E-state index contributed by atoms with van der Waals surface area (Å²) in [5, 5.41) is 2.81. The molecule has 0 bridgehead atoms. The van der Waals surface area contributed by atoms with E-state index in [0.29, 0.717) is 35.3 Å². The van der Waals surface area contributed by atoms with E-state index >= 15 is 0 Å². The third-order valence-electron chi connectivity index (χ3n) is 4.41. The number of nitrogens with zero attached hydrogens (tertiary/aromatic N) is 3. The lowest BCUT2D eigenvalue weighted by Gasteiger charge is -2.16. The quantitative estimate of drug-likeness (QED) is 0.567. The van der Waals surface area contributed by atoms with E-state index in [0.717, 1.165) is 11.1 Å². The minimum Gasteiger partial charge on any atom is -0.497 e. The van der Waals surface area contributed by atoms with E-state index in [1.807, 2.05) is 37.2 Å². The van der Waals surface area contributed by atoms with Crippen LogP contribution in [0.15, 0.2) is 54.9 Å². The number of methoxy groups -OCH3 is 2. The van der Waals surface area contributed by atoms with Crippen molar-refractivity contribution in [2.45, 2.75) is 6.54 Å². The number of anilines is 1. The number of nitrogens with one attached hydrogen (secondary N) is 1. The maximum absolute atomic E-state index is 12.5. The minimum absolute atomic E-state index is 0.142. The van der Waals surface area contributed by atoms with Crippen LogP contribution in [0.4, 0.5) is 5.69 Å². The molecule has 0 aliphatic rings. The van der Waals surface area contributed by atoms with E-state index < -0.39 is 0 Å². The summed E-state index contributed by atoms with van der Waals surface area (Å²) in [6.45, 7) is 0.501. The Hall–Kier alpha value is -3.65. The number of rotatable bonds is 9.